The van der Waals surface area contributed by atoms with E-state index < -0.39 is 0 Å². The maximum Gasteiger partial charge on any atom is 0.410 e. The third-order valence-electron chi connectivity index (χ3n) is 3.78. The lowest BCUT2D eigenvalue weighted by Gasteiger charge is -2.27. The van der Waals surface area contributed by atoms with Crippen molar-refractivity contribution in [3.05, 3.63) is 65.7 Å². The predicted octanol–water partition coefficient (Wildman–Crippen LogP) is 3.98. The Morgan fingerprint density at radius 1 is 1.09 bits per heavy atom. The molecule has 0 bridgehead atoms. The van der Waals surface area contributed by atoms with E-state index in [4.69, 9.17) is 4.74 Å². The van der Waals surface area contributed by atoms with Crippen LogP contribution in [-0.2, 0) is 17.8 Å². The average Bonchev–Trinajstić information content (AvgIpc) is 2.57. The molecule has 1 N–H and O–H groups in total. The molecule has 0 saturated carbocycles. The highest BCUT2D eigenvalue weighted by Gasteiger charge is 2.20. The van der Waals surface area contributed by atoms with Crippen molar-refractivity contribution in [3.63, 3.8) is 0 Å². The lowest BCUT2D eigenvalue weighted by molar-refractivity contribution is 0.0853. The molecule has 4 heteroatoms. The first-order chi connectivity index (χ1) is 11.1. The van der Waals surface area contributed by atoms with Gasteiger partial charge in [-0.15, -0.1) is 0 Å². The minimum atomic E-state index is -0.303. The van der Waals surface area contributed by atoms with E-state index >= 15 is 0 Å². The van der Waals surface area contributed by atoms with Crippen molar-refractivity contribution in [2.75, 3.05) is 6.54 Å². The molecule has 0 aliphatic heterocycles. The third kappa shape index (κ3) is 5.02. The molecule has 0 saturated heterocycles. The summed E-state index contributed by atoms with van der Waals surface area (Å²) >= 11 is 0. The SMILES string of the molecule is CCN(C(=O)OCc1ccccc1)C(C)Cc1ccc(O)cc1. The van der Waals surface area contributed by atoms with Crippen molar-refractivity contribution >= 4 is 6.09 Å². The summed E-state index contributed by atoms with van der Waals surface area (Å²) in [4.78, 5) is 14.0. The fourth-order valence-electron chi connectivity index (χ4n) is 2.51. The van der Waals surface area contributed by atoms with Crippen LogP contribution >= 0.6 is 0 Å². The topological polar surface area (TPSA) is 49.8 Å². The first-order valence-corrected chi connectivity index (χ1v) is 7.85. The molecule has 4 nitrogen and oxygen atoms in total. The zero-order valence-corrected chi connectivity index (χ0v) is 13.6. The summed E-state index contributed by atoms with van der Waals surface area (Å²) in [5.41, 5.74) is 2.05. The molecule has 0 fully saturated rings. The summed E-state index contributed by atoms with van der Waals surface area (Å²) in [6.45, 7) is 4.81. The molecule has 1 amide bonds. The minimum Gasteiger partial charge on any atom is -0.508 e. The molecule has 0 spiro atoms. The van der Waals surface area contributed by atoms with Crippen LogP contribution in [0.2, 0.25) is 0 Å². The first-order valence-electron chi connectivity index (χ1n) is 7.85. The molecular weight excluding hydrogens is 290 g/mol. The van der Waals surface area contributed by atoms with Crippen molar-refractivity contribution in [1.29, 1.82) is 0 Å². The Balaban J connectivity index is 1.91. The van der Waals surface area contributed by atoms with Crippen molar-refractivity contribution < 1.29 is 14.6 Å². The summed E-state index contributed by atoms with van der Waals surface area (Å²) in [6, 6.07) is 16.7. The summed E-state index contributed by atoms with van der Waals surface area (Å²) in [6.07, 6.45) is 0.414. The van der Waals surface area contributed by atoms with Gasteiger partial charge in [0, 0.05) is 12.6 Å². The number of phenolic OH excluding ortho intramolecular Hbond substituents is 1. The molecule has 0 aliphatic carbocycles. The Bertz CT molecular complexity index is 610. The fraction of sp³-hybridized carbons (Fsp3) is 0.316. The van der Waals surface area contributed by atoms with Crippen LogP contribution in [0, 0.1) is 0 Å². The molecule has 2 rings (SSSR count). The number of benzene rings is 2. The van der Waals surface area contributed by atoms with Crippen LogP contribution in [0.15, 0.2) is 54.6 Å². The highest BCUT2D eigenvalue weighted by atomic mass is 16.6. The number of amides is 1. The monoisotopic (exact) mass is 313 g/mol. The number of carbonyl (C=O) groups is 1. The molecular formula is C19H23NO3. The minimum absolute atomic E-state index is 0.0211. The van der Waals surface area contributed by atoms with E-state index in [2.05, 4.69) is 0 Å². The van der Waals surface area contributed by atoms with Crippen molar-refractivity contribution in [2.45, 2.75) is 32.9 Å². The smallest absolute Gasteiger partial charge is 0.410 e. The van der Waals surface area contributed by atoms with E-state index in [0.717, 1.165) is 11.1 Å². The highest BCUT2D eigenvalue weighted by molar-refractivity contribution is 5.68. The van der Waals surface area contributed by atoms with Gasteiger partial charge in [-0.3, -0.25) is 0 Å². The van der Waals surface area contributed by atoms with Crippen molar-refractivity contribution in [1.82, 2.24) is 4.90 Å². The molecule has 122 valence electrons. The zero-order valence-electron chi connectivity index (χ0n) is 13.6. The second-order valence-corrected chi connectivity index (χ2v) is 5.55. The number of likely N-dealkylation sites (N-methyl/N-ethyl adjacent to an activating group) is 1. The number of aromatic hydroxyl groups is 1. The zero-order chi connectivity index (χ0) is 16.7. The van der Waals surface area contributed by atoms with E-state index in [0.29, 0.717) is 13.0 Å². The third-order valence-corrected chi connectivity index (χ3v) is 3.78. The largest absolute Gasteiger partial charge is 0.508 e. The molecule has 0 radical (unpaired) electrons. The summed E-state index contributed by atoms with van der Waals surface area (Å²) in [7, 11) is 0. The maximum absolute atomic E-state index is 12.3. The first kappa shape index (κ1) is 16.9. The highest BCUT2D eigenvalue weighted by Crippen LogP contribution is 2.14. The lowest BCUT2D eigenvalue weighted by atomic mass is 10.1. The van der Waals surface area contributed by atoms with Crippen molar-refractivity contribution in [2.24, 2.45) is 0 Å². The van der Waals surface area contributed by atoms with Crippen LogP contribution in [0.4, 0.5) is 4.79 Å². The summed E-state index contributed by atoms with van der Waals surface area (Å²) < 4.78 is 5.41. The quantitative estimate of drug-likeness (QED) is 0.877. The summed E-state index contributed by atoms with van der Waals surface area (Å²) in [5.74, 6) is 0.246. The molecule has 1 unspecified atom stereocenters. The van der Waals surface area contributed by atoms with Gasteiger partial charge < -0.3 is 14.7 Å². The van der Waals surface area contributed by atoms with Gasteiger partial charge in [0.05, 0.1) is 0 Å². The molecule has 23 heavy (non-hydrogen) atoms. The van der Waals surface area contributed by atoms with Gasteiger partial charge >= 0.3 is 6.09 Å². The second kappa shape index (κ2) is 8.22. The van der Waals surface area contributed by atoms with Crippen LogP contribution in [0.5, 0.6) is 5.75 Å². The van der Waals surface area contributed by atoms with Gasteiger partial charge in [0.2, 0.25) is 0 Å². The fourth-order valence-corrected chi connectivity index (χ4v) is 2.51. The van der Waals surface area contributed by atoms with E-state index in [1.54, 1.807) is 17.0 Å². The van der Waals surface area contributed by atoms with Crippen LogP contribution in [0.3, 0.4) is 0 Å². The van der Waals surface area contributed by atoms with Gasteiger partial charge in [0.1, 0.15) is 12.4 Å². The summed E-state index contributed by atoms with van der Waals surface area (Å²) in [5, 5.41) is 9.33. The standard InChI is InChI=1S/C19H23NO3/c1-3-20(15(2)13-16-9-11-18(21)12-10-16)19(22)23-14-17-7-5-4-6-8-17/h4-12,15,21H,3,13-14H2,1-2H3. The molecule has 1 atom stereocenters. The van der Waals surface area contributed by atoms with Gasteiger partial charge in [-0.25, -0.2) is 4.79 Å². The number of nitrogens with zero attached hydrogens (tertiary/aromatic N) is 1. The molecule has 2 aromatic rings. The molecule has 2 aromatic carbocycles. The number of hydrogen-bond donors (Lipinski definition) is 1. The predicted molar refractivity (Wildman–Crippen MR) is 90.3 cm³/mol. The van der Waals surface area contributed by atoms with Crippen LogP contribution in [0.1, 0.15) is 25.0 Å². The number of carbonyl (C=O) groups excluding carboxylic acids is 1. The van der Waals surface area contributed by atoms with Crippen LogP contribution in [-0.4, -0.2) is 28.7 Å². The molecule has 0 heterocycles. The lowest BCUT2D eigenvalue weighted by Crippen LogP contribution is -2.40. The Morgan fingerprint density at radius 3 is 2.35 bits per heavy atom. The maximum atomic E-state index is 12.3. The normalized spacial score (nSPS) is 11.7. The second-order valence-electron chi connectivity index (χ2n) is 5.55. The van der Waals surface area contributed by atoms with Gasteiger partial charge in [-0.05, 0) is 43.5 Å². The van der Waals surface area contributed by atoms with Crippen LogP contribution < -0.4 is 0 Å². The Hall–Kier alpha value is -2.49. The van der Waals surface area contributed by atoms with E-state index in [1.807, 2.05) is 56.3 Å². The van der Waals surface area contributed by atoms with Gasteiger partial charge in [0.15, 0.2) is 0 Å². The van der Waals surface area contributed by atoms with Crippen molar-refractivity contribution in [3.8, 4) is 5.75 Å². The molecule has 0 aliphatic rings. The number of phenols is 1. The Kier molecular flexibility index (Phi) is 6.03. The Labute approximate surface area is 137 Å². The van der Waals surface area contributed by atoms with Gasteiger partial charge in [0.25, 0.3) is 0 Å². The number of hydrogen-bond acceptors (Lipinski definition) is 3. The van der Waals surface area contributed by atoms with E-state index in [1.165, 1.54) is 0 Å². The van der Waals surface area contributed by atoms with Gasteiger partial charge in [-0.2, -0.15) is 0 Å². The van der Waals surface area contributed by atoms with Crippen LogP contribution in [0.25, 0.3) is 0 Å². The average molecular weight is 313 g/mol. The van der Waals surface area contributed by atoms with E-state index in [9.17, 15) is 9.90 Å². The van der Waals surface area contributed by atoms with Gasteiger partial charge in [-0.1, -0.05) is 42.5 Å². The number of rotatable bonds is 6. The number of ether oxygens (including phenoxy) is 1. The molecule has 0 aromatic heterocycles. The Morgan fingerprint density at radius 2 is 1.74 bits per heavy atom. The van der Waals surface area contributed by atoms with E-state index in [-0.39, 0.29) is 24.5 Å².